The number of rotatable bonds is 4. The van der Waals surface area contributed by atoms with Crippen LogP contribution in [-0.4, -0.2) is 11.8 Å². The zero-order chi connectivity index (χ0) is 15.1. The van der Waals surface area contributed by atoms with Gasteiger partial charge in [0, 0.05) is 10.4 Å². The lowest BCUT2D eigenvalue weighted by Gasteiger charge is -1.94. The predicted molar refractivity (Wildman–Crippen MR) is 81.4 cm³/mol. The number of esters is 1. The van der Waals surface area contributed by atoms with Gasteiger partial charge in [-0.15, -0.1) is 11.3 Å². The minimum Gasteiger partial charge on any atom is -0.446 e. The van der Waals surface area contributed by atoms with Crippen molar-refractivity contribution in [2.75, 3.05) is 5.43 Å². The van der Waals surface area contributed by atoms with Gasteiger partial charge in [0.2, 0.25) is 0 Å². The molecule has 0 bridgehead atoms. The maximum absolute atomic E-state index is 11.4. The lowest BCUT2D eigenvalue weighted by Crippen LogP contribution is -2.00. The van der Waals surface area contributed by atoms with E-state index in [1.165, 1.54) is 18.3 Å². The largest absolute Gasteiger partial charge is 0.464 e. The summed E-state index contributed by atoms with van der Waals surface area (Å²) in [6.07, 6.45) is 0. The third-order valence-corrected chi connectivity index (χ3v) is 3.40. The SMILES string of the molecule is CC(=O)c1ccc(N[N+]#CC(=O)OCc2cccs2)cc1. The Hall–Kier alpha value is -2.65. The minimum atomic E-state index is -0.642. The lowest BCUT2D eigenvalue weighted by molar-refractivity contribution is -0.137. The number of carbonyl (C=O) groups is 2. The molecule has 0 aliphatic heterocycles. The van der Waals surface area contributed by atoms with Crippen LogP contribution in [0, 0.1) is 6.07 Å². The van der Waals surface area contributed by atoms with Crippen LogP contribution in [0.4, 0.5) is 5.69 Å². The molecule has 2 rings (SSSR count). The monoisotopic (exact) mass is 301 g/mol. The molecule has 6 heteroatoms. The molecule has 0 saturated heterocycles. The number of nitrogens with zero attached hydrogens (tertiary/aromatic N) is 1. The fourth-order valence-corrected chi connectivity index (χ4v) is 2.10. The topological polar surface area (TPSA) is 59.8 Å². The Labute approximate surface area is 126 Å². The van der Waals surface area contributed by atoms with E-state index in [1.54, 1.807) is 24.3 Å². The second-order valence-corrected chi connectivity index (χ2v) is 5.16. The van der Waals surface area contributed by atoms with E-state index in [-0.39, 0.29) is 12.4 Å². The van der Waals surface area contributed by atoms with Crippen molar-refractivity contribution in [1.82, 2.24) is 0 Å². The van der Waals surface area contributed by atoms with Gasteiger partial charge in [-0.25, -0.2) is 4.79 Å². The van der Waals surface area contributed by atoms with E-state index < -0.39 is 5.97 Å². The maximum Gasteiger partial charge on any atom is 0.464 e. The molecule has 0 aliphatic carbocycles. The van der Waals surface area contributed by atoms with Crippen molar-refractivity contribution < 1.29 is 14.3 Å². The zero-order valence-electron chi connectivity index (χ0n) is 11.3. The van der Waals surface area contributed by atoms with E-state index in [9.17, 15) is 9.59 Å². The van der Waals surface area contributed by atoms with Gasteiger partial charge in [0.1, 0.15) is 12.3 Å². The average molecular weight is 301 g/mol. The Balaban J connectivity index is 1.82. The van der Waals surface area contributed by atoms with E-state index in [0.717, 1.165) is 4.88 Å². The number of thiophene rings is 1. The lowest BCUT2D eigenvalue weighted by atomic mass is 10.1. The van der Waals surface area contributed by atoms with Crippen LogP contribution in [0.15, 0.2) is 41.8 Å². The van der Waals surface area contributed by atoms with Gasteiger partial charge in [0.25, 0.3) is 0 Å². The molecule has 1 heterocycles. The molecule has 5 nitrogen and oxygen atoms in total. The summed E-state index contributed by atoms with van der Waals surface area (Å²) in [5, 5.41) is 1.91. The van der Waals surface area contributed by atoms with E-state index in [1.807, 2.05) is 17.5 Å². The standard InChI is InChI=1S/C15H12N2O3S/c1-11(18)12-4-6-13(7-5-12)17-16-9-15(19)20-10-14-3-2-8-21-14/h2-8H,10H2,1H3/p+1. The van der Waals surface area contributed by atoms with Gasteiger partial charge in [0.05, 0.1) is 4.95 Å². The highest BCUT2D eigenvalue weighted by atomic mass is 32.1. The molecule has 0 aliphatic rings. The summed E-state index contributed by atoms with van der Waals surface area (Å²) >= 11 is 1.51. The first-order chi connectivity index (χ1) is 10.1. The van der Waals surface area contributed by atoms with Crippen molar-refractivity contribution in [1.29, 1.82) is 0 Å². The van der Waals surface area contributed by atoms with Gasteiger partial charge in [-0.3, -0.25) is 4.79 Å². The maximum atomic E-state index is 11.4. The van der Waals surface area contributed by atoms with Crippen molar-refractivity contribution in [2.24, 2.45) is 0 Å². The summed E-state index contributed by atoms with van der Waals surface area (Å²) in [6.45, 7) is 1.71. The number of benzene rings is 1. The first-order valence-corrected chi connectivity index (χ1v) is 7.05. The number of carbonyl (C=O) groups excluding carboxylic acids is 2. The van der Waals surface area contributed by atoms with Crippen molar-refractivity contribution >= 4 is 28.8 Å². The molecule has 0 radical (unpaired) electrons. The van der Waals surface area contributed by atoms with Gasteiger partial charge in [-0.2, -0.15) is 0 Å². The third-order valence-electron chi connectivity index (χ3n) is 2.55. The van der Waals surface area contributed by atoms with E-state index in [2.05, 4.69) is 16.4 Å². The Morgan fingerprint density at radius 1 is 1.29 bits per heavy atom. The first kappa shape index (κ1) is 14.8. The van der Waals surface area contributed by atoms with Crippen LogP contribution in [-0.2, 0) is 16.1 Å². The number of ketones is 1. The molecule has 1 aromatic carbocycles. The van der Waals surface area contributed by atoms with Crippen LogP contribution in [0.5, 0.6) is 0 Å². The fraction of sp³-hybridized carbons (Fsp3) is 0.133. The number of Topliss-reactive ketones (excluding diaryl/α,β-unsaturated/α-hetero) is 1. The fourth-order valence-electron chi connectivity index (χ4n) is 1.48. The summed E-state index contributed by atoms with van der Waals surface area (Å²) in [7, 11) is 0. The molecule has 1 N–H and O–H groups in total. The molecule has 21 heavy (non-hydrogen) atoms. The summed E-state index contributed by atoms with van der Waals surface area (Å²) in [4.78, 5) is 27.1. The van der Waals surface area contributed by atoms with Crippen molar-refractivity contribution in [3.8, 4) is 6.07 Å². The number of nitrogens with one attached hydrogen (secondary N) is 1. The number of hydrogen-bond donors (Lipinski definition) is 1. The van der Waals surface area contributed by atoms with Crippen molar-refractivity contribution in [2.45, 2.75) is 13.5 Å². The second-order valence-electron chi connectivity index (χ2n) is 4.12. The Morgan fingerprint density at radius 3 is 2.67 bits per heavy atom. The van der Waals surface area contributed by atoms with Crippen LogP contribution >= 0.6 is 11.3 Å². The molecule has 0 atom stereocenters. The third kappa shape index (κ3) is 4.75. The summed E-state index contributed by atoms with van der Waals surface area (Å²) in [6, 6.07) is 12.7. The molecule has 0 spiro atoms. The Morgan fingerprint density at radius 2 is 2.05 bits per heavy atom. The smallest absolute Gasteiger partial charge is 0.446 e. The summed E-state index contributed by atoms with van der Waals surface area (Å²) < 4.78 is 4.96. The van der Waals surface area contributed by atoms with Crippen LogP contribution in [0.2, 0.25) is 0 Å². The van der Waals surface area contributed by atoms with Gasteiger partial charge < -0.3 is 4.74 Å². The number of anilines is 1. The molecule has 106 valence electrons. The molecular weight excluding hydrogens is 288 g/mol. The predicted octanol–water partition coefficient (Wildman–Crippen LogP) is 3.35. The normalized spacial score (nSPS) is 9.38. The van der Waals surface area contributed by atoms with Crippen LogP contribution in [0.25, 0.3) is 4.95 Å². The van der Waals surface area contributed by atoms with Crippen LogP contribution in [0.3, 0.4) is 0 Å². The molecule has 2 aromatic rings. The molecule has 0 unspecified atom stereocenters. The van der Waals surface area contributed by atoms with Crippen molar-refractivity contribution in [3.63, 3.8) is 0 Å². The number of hydrogen-bond acceptors (Lipinski definition) is 5. The highest BCUT2D eigenvalue weighted by Crippen LogP contribution is 2.10. The van der Waals surface area contributed by atoms with Gasteiger partial charge in [-0.05, 0) is 48.1 Å². The molecule has 0 fully saturated rings. The van der Waals surface area contributed by atoms with Gasteiger partial charge in [0.15, 0.2) is 5.78 Å². The minimum absolute atomic E-state index is 0.00577. The van der Waals surface area contributed by atoms with Gasteiger partial charge in [-0.1, -0.05) is 6.07 Å². The summed E-state index contributed by atoms with van der Waals surface area (Å²) in [5.74, 6) is -0.648. The molecular formula is C15H13N2O3S+. The van der Waals surface area contributed by atoms with Gasteiger partial charge >= 0.3 is 12.0 Å². The van der Waals surface area contributed by atoms with E-state index in [4.69, 9.17) is 4.74 Å². The average Bonchev–Trinajstić information content (AvgIpc) is 2.99. The zero-order valence-corrected chi connectivity index (χ0v) is 12.1. The van der Waals surface area contributed by atoms with Crippen LogP contribution < -0.4 is 5.43 Å². The van der Waals surface area contributed by atoms with Crippen molar-refractivity contribution in [3.05, 3.63) is 57.2 Å². The van der Waals surface area contributed by atoms with E-state index in [0.29, 0.717) is 11.3 Å². The summed E-state index contributed by atoms with van der Waals surface area (Å²) in [5.41, 5.74) is 3.91. The quantitative estimate of drug-likeness (QED) is 0.407. The Bertz CT molecular complexity index is 682. The molecule has 1 aromatic heterocycles. The Kier molecular flexibility index (Phi) is 5.07. The number of ether oxygens (including phenoxy) is 1. The second kappa shape index (κ2) is 7.22. The molecule has 0 amide bonds. The first-order valence-electron chi connectivity index (χ1n) is 6.17. The van der Waals surface area contributed by atoms with Crippen LogP contribution in [0.1, 0.15) is 22.2 Å². The highest BCUT2D eigenvalue weighted by Gasteiger charge is 2.08. The highest BCUT2D eigenvalue weighted by molar-refractivity contribution is 7.09. The van der Waals surface area contributed by atoms with E-state index >= 15 is 0 Å². The molecule has 0 saturated carbocycles.